The highest BCUT2D eigenvalue weighted by molar-refractivity contribution is 5.97. The number of ether oxygens (including phenoxy) is 1. The summed E-state index contributed by atoms with van der Waals surface area (Å²) in [6.07, 6.45) is 6.58. The Kier molecular flexibility index (Phi) is 5.01. The first-order valence-corrected chi connectivity index (χ1v) is 9.38. The molecule has 4 rings (SSSR count). The van der Waals surface area contributed by atoms with Gasteiger partial charge < -0.3 is 9.64 Å². The minimum atomic E-state index is 0.0722. The molecule has 3 aromatic rings. The molecule has 1 saturated heterocycles. The molecule has 1 unspecified atom stereocenters. The molecule has 2 heterocycles. The lowest BCUT2D eigenvalue weighted by Gasteiger charge is -2.25. The number of aromatic nitrogens is 2. The first-order chi connectivity index (χ1) is 13.2. The highest BCUT2D eigenvalue weighted by atomic mass is 16.5. The van der Waals surface area contributed by atoms with Crippen molar-refractivity contribution in [2.24, 2.45) is 0 Å². The topological polar surface area (TPSA) is 55.3 Å². The summed E-state index contributed by atoms with van der Waals surface area (Å²) < 4.78 is 5.26. The van der Waals surface area contributed by atoms with Gasteiger partial charge in [-0.05, 0) is 48.7 Å². The molecule has 0 aliphatic carbocycles. The van der Waals surface area contributed by atoms with Crippen molar-refractivity contribution in [1.29, 1.82) is 0 Å². The van der Waals surface area contributed by atoms with Gasteiger partial charge in [-0.25, -0.2) is 0 Å². The molecule has 1 atom stereocenters. The van der Waals surface area contributed by atoms with Gasteiger partial charge in [-0.2, -0.15) is 0 Å². The monoisotopic (exact) mass is 361 g/mol. The van der Waals surface area contributed by atoms with Crippen LogP contribution in [0.15, 0.2) is 54.9 Å². The quantitative estimate of drug-likeness (QED) is 0.706. The van der Waals surface area contributed by atoms with E-state index in [0.29, 0.717) is 11.5 Å². The van der Waals surface area contributed by atoms with Gasteiger partial charge in [0.25, 0.3) is 5.91 Å². The Morgan fingerprint density at radius 3 is 2.59 bits per heavy atom. The second-order valence-electron chi connectivity index (χ2n) is 6.98. The molecule has 0 radical (unpaired) electrons. The molecule has 1 aliphatic rings. The second kappa shape index (κ2) is 7.74. The maximum atomic E-state index is 13.1. The fourth-order valence-electron chi connectivity index (χ4n) is 3.75. The van der Waals surface area contributed by atoms with E-state index >= 15 is 0 Å². The summed E-state index contributed by atoms with van der Waals surface area (Å²) in [6, 6.07) is 13.8. The van der Waals surface area contributed by atoms with E-state index in [1.807, 2.05) is 35.2 Å². The Labute approximate surface area is 159 Å². The molecule has 0 N–H and O–H groups in total. The Hall–Kier alpha value is -2.95. The predicted octanol–water partition coefficient (Wildman–Crippen LogP) is 4.05. The third-order valence-corrected chi connectivity index (χ3v) is 5.26. The number of benzene rings is 2. The van der Waals surface area contributed by atoms with Crippen molar-refractivity contribution in [3.05, 3.63) is 66.0 Å². The molecule has 0 spiro atoms. The maximum Gasteiger partial charge on any atom is 0.253 e. The van der Waals surface area contributed by atoms with Gasteiger partial charge in [0.2, 0.25) is 0 Å². The number of likely N-dealkylation sites (tertiary alicyclic amines) is 1. The zero-order chi connectivity index (χ0) is 18.6. The number of hydrogen-bond acceptors (Lipinski definition) is 4. The molecular weight excluding hydrogens is 338 g/mol. The number of nitrogens with zero attached hydrogens (tertiary/aromatic N) is 3. The number of fused-ring (bicyclic) bond motifs is 1. The lowest BCUT2D eigenvalue weighted by atomic mass is 9.94. The Bertz CT molecular complexity index is 940. The molecule has 1 amide bonds. The number of rotatable bonds is 3. The van der Waals surface area contributed by atoms with Crippen molar-refractivity contribution >= 4 is 16.9 Å². The van der Waals surface area contributed by atoms with Gasteiger partial charge in [-0.15, -0.1) is 0 Å². The van der Waals surface area contributed by atoms with Crippen LogP contribution in [0.1, 0.15) is 41.1 Å². The second-order valence-corrected chi connectivity index (χ2v) is 6.98. The fraction of sp³-hybridized carbons (Fsp3) is 0.318. The van der Waals surface area contributed by atoms with Crippen LogP contribution in [0.2, 0.25) is 0 Å². The van der Waals surface area contributed by atoms with E-state index < -0.39 is 0 Å². The molecule has 138 valence electrons. The third-order valence-electron chi connectivity index (χ3n) is 5.26. The molecule has 1 aliphatic heterocycles. The van der Waals surface area contributed by atoms with Gasteiger partial charge in [0, 0.05) is 37.0 Å². The summed E-state index contributed by atoms with van der Waals surface area (Å²) in [5, 5.41) is 0. The molecule has 2 aromatic carbocycles. The number of amides is 1. The Morgan fingerprint density at radius 1 is 1.04 bits per heavy atom. The fourth-order valence-corrected chi connectivity index (χ4v) is 3.75. The van der Waals surface area contributed by atoms with Gasteiger partial charge in [-0.1, -0.05) is 18.6 Å². The highest BCUT2D eigenvalue weighted by Crippen LogP contribution is 2.28. The number of hydrogen-bond donors (Lipinski definition) is 0. The van der Waals surface area contributed by atoms with Crippen LogP contribution in [-0.4, -0.2) is 41.0 Å². The van der Waals surface area contributed by atoms with Crippen molar-refractivity contribution < 1.29 is 9.53 Å². The van der Waals surface area contributed by atoms with Crippen molar-refractivity contribution in [2.75, 3.05) is 20.2 Å². The van der Waals surface area contributed by atoms with E-state index in [2.05, 4.69) is 22.1 Å². The lowest BCUT2D eigenvalue weighted by molar-refractivity contribution is 0.0754. The lowest BCUT2D eigenvalue weighted by Crippen LogP contribution is -2.34. The zero-order valence-corrected chi connectivity index (χ0v) is 15.5. The largest absolute Gasteiger partial charge is 0.497 e. The van der Waals surface area contributed by atoms with E-state index in [9.17, 15) is 4.79 Å². The van der Waals surface area contributed by atoms with E-state index in [0.717, 1.165) is 49.1 Å². The van der Waals surface area contributed by atoms with Crippen LogP contribution >= 0.6 is 0 Å². The zero-order valence-electron chi connectivity index (χ0n) is 15.5. The standard InChI is InChI=1S/C22H23N3O2/c1-27-19-8-5-16(6-9-19)18-4-2-3-13-25(15-18)22(26)17-7-10-20-21(14-17)24-12-11-23-20/h5-12,14,18H,2-4,13,15H2,1H3. The Balaban J connectivity index is 1.56. The van der Waals surface area contributed by atoms with Crippen molar-refractivity contribution in [2.45, 2.75) is 25.2 Å². The summed E-state index contributed by atoms with van der Waals surface area (Å²) >= 11 is 0. The van der Waals surface area contributed by atoms with Gasteiger partial charge in [0.05, 0.1) is 18.1 Å². The van der Waals surface area contributed by atoms with E-state index in [-0.39, 0.29) is 5.91 Å². The average Bonchev–Trinajstić information content (AvgIpc) is 2.99. The van der Waals surface area contributed by atoms with Crippen LogP contribution in [0.4, 0.5) is 0 Å². The number of carbonyl (C=O) groups excluding carboxylic acids is 1. The van der Waals surface area contributed by atoms with E-state index in [1.54, 1.807) is 19.5 Å². The number of methoxy groups -OCH3 is 1. The summed E-state index contributed by atoms with van der Waals surface area (Å²) in [6.45, 7) is 1.54. The van der Waals surface area contributed by atoms with E-state index in [1.165, 1.54) is 5.56 Å². The molecular formula is C22H23N3O2. The smallest absolute Gasteiger partial charge is 0.253 e. The van der Waals surface area contributed by atoms with Gasteiger partial charge in [0.15, 0.2) is 0 Å². The molecule has 1 aromatic heterocycles. The van der Waals surface area contributed by atoms with Crippen LogP contribution in [0.25, 0.3) is 11.0 Å². The predicted molar refractivity (Wildman–Crippen MR) is 105 cm³/mol. The maximum absolute atomic E-state index is 13.1. The van der Waals surface area contributed by atoms with Gasteiger partial charge >= 0.3 is 0 Å². The van der Waals surface area contributed by atoms with Gasteiger partial charge in [-0.3, -0.25) is 14.8 Å². The van der Waals surface area contributed by atoms with Crippen molar-refractivity contribution in [3.8, 4) is 5.75 Å². The first-order valence-electron chi connectivity index (χ1n) is 9.38. The summed E-state index contributed by atoms with van der Waals surface area (Å²) in [7, 11) is 1.68. The Morgan fingerprint density at radius 2 is 1.81 bits per heavy atom. The van der Waals surface area contributed by atoms with E-state index in [4.69, 9.17) is 4.74 Å². The molecule has 5 heteroatoms. The summed E-state index contributed by atoms with van der Waals surface area (Å²) in [5.74, 6) is 1.28. The molecule has 0 saturated carbocycles. The molecule has 0 bridgehead atoms. The van der Waals surface area contributed by atoms with Crippen LogP contribution in [0.5, 0.6) is 5.75 Å². The minimum Gasteiger partial charge on any atom is -0.497 e. The van der Waals surface area contributed by atoms with Crippen LogP contribution in [0.3, 0.4) is 0 Å². The molecule has 5 nitrogen and oxygen atoms in total. The SMILES string of the molecule is COc1ccc(C2CCCCN(C(=O)c3ccc4nccnc4c3)C2)cc1. The highest BCUT2D eigenvalue weighted by Gasteiger charge is 2.24. The van der Waals surface area contributed by atoms with Crippen LogP contribution < -0.4 is 4.74 Å². The van der Waals surface area contributed by atoms with Crippen LogP contribution in [-0.2, 0) is 0 Å². The van der Waals surface area contributed by atoms with Crippen LogP contribution in [0, 0.1) is 0 Å². The summed E-state index contributed by atoms with van der Waals surface area (Å²) in [5.41, 5.74) is 3.50. The first kappa shape index (κ1) is 17.5. The third kappa shape index (κ3) is 3.77. The van der Waals surface area contributed by atoms with Gasteiger partial charge in [0.1, 0.15) is 5.75 Å². The van der Waals surface area contributed by atoms with Crippen molar-refractivity contribution in [1.82, 2.24) is 14.9 Å². The molecule has 1 fully saturated rings. The normalized spacial score (nSPS) is 17.5. The number of carbonyl (C=O) groups is 1. The average molecular weight is 361 g/mol. The summed E-state index contributed by atoms with van der Waals surface area (Å²) in [4.78, 5) is 23.7. The van der Waals surface area contributed by atoms with Crippen molar-refractivity contribution in [3.63, 3.8) is 0 Å². The minimum absolute atomic E-state index is 0.0722. The molecule has 27 heavy (non-hydrogen) atoms.